The van der Waals surface area contributed by atoms with Crippen molar-refractivity contribution in [3.8, 4) is 0 Å². The van der Waals surface area contributed by atoms with E-state index in [1.54, 1.807) is 0 Å². The average molecular weight is 193 g/mol. The smallest absolute Gasteiger partial charge is 0.0587 e. The highest BCUT2D eigenvalue weighted by molar-refractivity contribution is 5.29. The predicted octanol–water partition coefficient (Wildman–Crippen LogP) is 0.856. The van der Waals surface area contributed by atoms with Crippen LogP contribution in [0.25, 0.3) is 0 Å². The zero-order valence-electron chi connectivity index (χ0n) is 8.93. The molecule has 0 spiro atoms. The highest BCUT2D eigenvalue weighted by Gasteiger charge is 1.95. The Bertz CT molecular complexity index is 284. The molecule has 0 fully saturated rings. The topological polar surface area (TPSA) is 50.1 Å². The van der Waals surface area contributed by atoms with Crippen LogP contribution in [0.1, 0.15) is 16.7 Å². The fourth-order valence-corrected chi connectivity index (χ4v) is 1.35. The van der Waals surface area contributed by atoms with Crippen LogP contribution >= 0.6 is 0 Å². The molecule has 0 saturated heterocycles. The third kappa shape index (κ3) is 3.46. The minimum absolute atomic E-state index is 0.658. The van der Waals surface area contributed by atoms with Crippen LogP contribution in [0, 0.1) is 13.8 Å². The number of hydrazine groups is 1. The Morgan fingerprint density at radius 1 is 1.21 bits per heavy atom. The van der Waals surface area contributed by atoms with E-state index in [1.165, 1.54) is 16.7 Å². The van der Waals surface area contributed by atoms with Crippen molar-refractivity contribution in [2.24, 2.45) is 5.84 Å². The maximum atomic E-state index is 5.14. The van der Waals surface area contributed by atoms with Crippen LogP contribution in [0.3, 0.4) is 0 Å². The highest BCUT2D eigenvalue weighted by atomic mass is 15.3. The minimum Gasteiger partial charge on any atom is -0.303 e. The SMILES string of the molecule is Cc1ccc(CCNCNN)cc1C. The molecule has 0 aromatic heterocycles. The zero-order valence-corrected chi connectivity index (χ0v) is 8.93. The van der Waals surface area contributed by atoms with Gasteiger partial charge in [-0.25, -0.2) is 5.43 Å². The van der Waals surface area contributed by atoms with E-state index >= 15 is 0 Å². The van der Waals surface area contributed by atoms with Gasteiger partial charge in [0.1, 0.15) is 0 Å². The van der Waals surface area contributed by atoms with Crippen LogP contribution in [0.15, 0.2) is 18.2 Å². The first-order chi connectivity index (χ1) is 6.74. The van der Waals surface area contributed by atoms with Gasteiger partial charge < -0.3 is 5.32 Å². The first-order valence-electron chi connectivity index (χ1n) is 4.94. The number of benzene rings is 1. The van der Waals surface area contributed by atoms with Crippen LogP contribution < -0.4 is 16.6 Å². The van der Waals surface area contributed by atoms with E-state index in [4.69, 9.17) is 5.84 Å². The van der Waals surface area contributed by atoms with Gasteiger partial charge in [-0.1, -0.05) is 18.2 Å². The first kappa shape index (κ1) is 11.2. The van der Waals surface area contributed by atoms with E-state index in [0.717, 1.165) is 13.0 Å². The molecule has 0 aliphatic heterocycles. The lowest BCUT2D eigenvalue weighted by atomic mass is 10.0. The fraction of sp³-hybridized carbons (Fsp3) is 0.455. The second kappa shape index (κ2) is 5.75. The monoisotopic (exact) mass is 193 g/mol. The molecule has 0 aliphatic carbocycles. The first-order valence-corrected chi connectivity index (χ1v) is 4.94. The molecule has 0 amide bonds. The quantitative estimate of drug-likeness (QED) is 0.281. The van der Waals surface area contributed by atoms with Gasteiger partial charge in [-0.15, -0.1) is 0 Å². The van der Waals surface area contributed by atoms with Gasteiger partial charge in [0.2, 0.25) is 0 Å². The average Bonchev–Trinajstić information content (AvgIpc) is 2.18. The summed E-state index contributed by atoms with van der Waals surface area (Å²) in [5.41, 5.74) is 6.65. The molecule has 0 aliphatic rings. The van der Waals surface area contributed by atoms with Crippen molar-refractivity contribution in [2.75, 3.05) is 13.2 Å². The second-order valence-corrected chi connectivity index (χ2v) is 3.55. The molecule has 0 atom stereocenters. The van der Waals surface area contributed by atoms with Crippen molar-refractivity contribution in [1.29, 1.82) is 0 Å². The maximum Gasteiger partial charge on any atom is 0.0587 e. The molecule has 3 nitrogen and oxygen atoms in total. The van der Waals surface area contributed by atoms with Gasteiger partial charge in [0.05, 0.1) is 6.67 Å². The normalized spacial score (nSPS) is 10.5. The van der Waals surface area contributed by atoms with Crippen LogP contribution in [-0.2, 0) is 6.42 Å². The molecule has 78 valence electrons. The van der Waals surface area contributed by atoms with E-state index in [1.807, 2.05) is 0 Å². The summed E-state index contributed by atoms with van der Waals surface area (Å²) in [5, 5.41) is 3.18. The summed E-state index contributed by atoms with van der Waals surface area (Å²) in [4.78, 5) is 0. The van der Waals surface area contributed by atoms with Crippen molar-refractivity contribution in [3.05, 3.63) is 34.9 Å². The van der Waals surface area contributed by atoms with Crippen molar-refractivity contribution in [2.45, 2.75) is 20.3 Å². The number of hydrogen-bond donors (Lipinski definition) is 3. The molecule has 14 heavy (non-hydrogen) atoms. The third-order valence-corrected chi connectivity index (χ3v) is 2.39. The number of rotatable bonds is 5. The van der Waals surface area contributed by atoms with Crippen molar-refractivity contribution < 1.29 is 0 Å². The summed E-state index contributed by atoms with van der Waals surface area (Å²) in [5.74, 6) is 5.14. The van der Waals surface area contributed by atoms with Gasteiger partial charge in [0, 0.05) is 6.54 Å². The van der Waals surface area contributed by atoms with Crippen LogP contribution in [0.5, 0.6) is 0 Å². The minimum atomic E-state index is 0.658. The number of nitrogens with two attached hydrogens (primary N) is 1. The van der Waals surface area contributed by atoms with Gasteiger partial charge in [-0.2, -0.15) is 0 Å². The molecular formula is C11H19N3. The Labute approximate surface area is 85.7 Å². The van der Waals surface area contributed by atoms with Gasteiger partial charge in [0.25, 0.3) is 0 Å². The lowest BCUT2D eigenvalue weighted by molar-refractivity contribution is 0.602. The molecule has 1 aromatic carbocycles. The summed E-state index contributed by atoms with van der Waals surface area (Å²) in [7, 11) is 0. The molecule has 0 unspecified atom stereocenters. The number of nitrogens with one attached hydrogen (secondary N) is 2. The molecule has 0 radical (unpaired) electrons. The highest BCUT2D eigenvalue weighted by Crippen LogP contribution is 2.09. The lowest BCUT2D eigenvalue weighted by Crippen LogP contribution is -2.34. The molecule has 0 heterocycles. The van der Waals surface area contributed by atoms with E-state index < -0.39 is 0 Å². The van der Waals surface area contributed by atoms with E-state index in [2.05, 4.69) is 42.8 Å². The lowest BCUT2D eigenvalue weighted by Gasteiger charge is -2.06. The Balaban J connectivity index is 2.39. The largest absolute Gasteiger partial charge is 0.303 e. The van der Waals surface area contributed by atoms with Crippen LogP contribution in [0.2, 0.25) is 0 Å². The summed E-state index contributed by atoms with van der Waals surface area (Å²) in [6.07, 6.45) is 1.04. The maximum absolute atomic E-state index is 5.14. The van der Waals surface area contributed by atoms with E-state index in [0.29, 0.717) is 6.67 Å². The van der Waals surface area contributed by atoms with Gasteiger partial charge in [-0.3, -0.25) is 5.84 Å². The predicted molar refractivity (Wildman–Crippen MR) is 59.8 cm³/mol. The van der Waals surface area contributed by atoms with Gasteiger partial charge in [-0.05, 0) is 37.0 Å². The van der Waals surface area contributed by atoms with E-state index in [9.17, 15) is 0 Å². The van der Waals surface area contributed by atoms with Gasteiger partial charge in [0.15, 0.2) is 0 Å². The number of hydrogen-bond acceptors (Lipinski definition) is 3. The Kier molecular flexibility index (Phi) is 4.59. The van der Waals surface area contributed by atoms with Crippen molar-refractivity contribution in [3.63, 3.8) is 0 Å². The molecule has 0 bridgehead atoms. The molecule has 1 rings (SSSR count). The standard InChI is InChI=1S/C11H19N3/c1-9-3-4-11(7-10(9)2)5-6-13-8-14-12/h3-4,7,13-14H,5-6,8,12H2,1-2H3. The second-order valence-electron chi connectivity index (χ2n) is 3.55. The Hall–Kier alpha value is -0.900. The molecule has 3 heteroatoms. The fourth-order valence-electron chi connectivity index (χ4n) is 1.35. The molecule has 4 N–H and O–H groups in total. The Morgan fingerprint density at radius 3 is 2.64 bits per heavy atom. The zero-order chi connectivity index (χ0) is 10.4. The molecule has 1 aromatic rings. The van der Waals surface area contributed by atoms with Crippen molar-refractivity contribution >= 4 is 0 Å². The molecule has 0 saturated carbocycles. The summed E-state index contributed by atoms with van der Waals surface area (Å²) >= 11 is 0. The summed E-state index contributed by atoms with van der Waals surface area (Å²) in [6, 6.07) is 6.60. The Morgan fingerprint density at radius 2 is 2.00 bits per heavy atom. The third-order valence-electron chi connectivity index (χ3n) is 2.39. The van der Waals surface area contributed by atoms with Crippen molar-refractivity contribution in [1.82, 2.24) is 10.7 Å². The summed E-state index contributed by atoms with van der Waals surface area (Å²) < 4.78 is 0. The summed E-state index contributed by atoms with van der Waals surface area (Å²) in [6.45, 7) is 5.89. The van der Waals surface area contributed by atoms with Gasteiger partial charge >= 0.3 is 0 Å². The molecular weight excluding hydrogens is 174 g/mol. The van der Waals surface area contributed by atoms with Crippen LogP contribution in [-0.4, -0.2) is 13.2 Å². The van der Waals surface area contributed by atoms with E-state index in [-0.39, 0.29) is 0 Å². The van der Waals surface area contributed by atoms with Crippen LogP contribution in [0.4, 0.5) is 0 Å². The number of aryl methyl sites for hydroxylation is 2.